The van der Waals surface area contributed by atoms with E-state index in [0.29, 0.717) is 12.5 Å². The van der Waals surface area contributed by atoms with Crippen molar-refractivity contribution in [2.24, 2.45) is 11.7 Å². The molecule has 0 bridgehead atoms. The fraction of sp³-hybridized carbons (Fsp3) is 0.923. The normalized spacial score (nSPS) is 12.5. The molecule has 2 N–H and O–H groups in total. The minimum absolute atomic E-state index is 0.220. The third kappa shape index (κ3) is 5.50. The minimum atomic E-state index is 0.220. The molecule has 0 aromatic heterocycles. The van der Waals surface area contributed by atoms with E-state index in [-0.39, 0.29) is 5.92 Å². The van der Waals surface area contributed by atoms with E-state index in [1.54, 1.807) is 0 Å². The smallest absolute Gasteiger partial charge is 0.225 e. The molecule has 16 heavy (non-hydrogen) atoms. The van der Waals surface area contributed by atoms with E-state index in [9.17, 15) is 4.79 Å². The Kier molecular flexibility index (Phi) is 9.30. The SMILES string of the molecule is CCCCC(CC)C(=O)N(CC)CCCN. The highest BCUT2D eigenvalue weighted by molar-refractivity contribution is 5.78. The lowest BCUT2D eigenvalue weighted by Crippen LogP contribution is -2.37. The second kappa shape index (κ2) is 9.64. The Hall–Kier alpha value is -0.570. The Morgan fingerprint density at radius 3 is 2.38 bits per heavy atom. The molecule has 0 fully saturated rings. The highest BCUT2D eigenvalue weighted by Gasteiger charge is 2.20. The zero-order valence-electron chi connectivity index (χ0n) is 11.2. The molecule has 0 rings (SSSR count). The van der Waals surface area contributed by atoms with E-state index in [1.807, 2.05) is 11.8 Å². The van der Waals surface area contributed by atoms with Gasteiger partial charge < -0.3 is 10.6 Å². The van der Waals surface area contributed by atoms with E-state index in [0.717, 1.165) is 38.8 Å². The summed E-state index contributed by atoms with van der Waals surface area (Å²) in [4.78, 5) is 14.2. The third-order valence-electron chi connectivity index (χ3n) is 3.07. The van der Waals surface area contributed by atoms with Crippen LogP contribution in [-0.4, -0.2) is 30.4 Å². The number of hydrogen-bond acceptors (Lipinski definition) is 2. The zero-order chi connectivity index (χ0) is 12.4. The summed E-state index contributed by atoms with van der Waals surface area (Å²) >= 11 is 0. The number of unbranched alkanes of at least 4 members (excludes halogenated alkanes) is 1. The molecule has 0 saturated heterocycles. The Balaban J connectivity index is 4.20. The largest absolute Gasteiger partial charge is 0.343 e. The standard InChI is InChI=1S/C13H28N2O/c1-4-7-9-12(5-2)13(16)15(6-3)11-8-10-14/h12H,4-11,14H2,1-3H3. The zero-order valence-corrected chi connectivity index (χ0v) is 11.2. The van der Waals surface area contributed by atoms with Crippen molar-refractivity contribution in [1.82, 2.24) is 4.90 Å². The van der Waals surface area contributed by atoms with Gasteiger partial charge in [0.15, 0.2) is 0 Å². The molecule has 0 aliphatic heterocycles. The molecule has 0 heterocycles. The van der Waals surface area contributed by atoms with Crippen molar-refractivity contribution in [1.29, 1.82) is 0 Å². The van der Waals surface area contributed by atoms with Crippen molar-refractivity contribution in [3.8, 4) is 0 Å². The van der Waals surface area contributed by atoms with Crippen LogP contribution in [-0.2, 0) is 4.79 Å². The molecule has 3 nitrogen and oxygen atoms in total. The second-order valence-electron chi connectivity index (χ2n) is 4.31. The summed E-state index contributed by atoms with van der Waals surface area (Å²) in [6.45, 7) is 8.60. The Bertz CT molecular complexity index is 165. The van der Waals surface area contributed by atoms with Gasteiger partial charge in [0.2, 0.25) is 5.91 Å². The van der Waals surface area contributed by atoms with E-state index >= 15 is 0 Å². The number of carbonyl (C=O) groups is 1. The van der Waals surface area contributed by atoms with Crippen LogP contribution in [0.1, 0.15) is 52.9 Å². The fourth-order valence-corrected chi connectivity index (χ4v) is 1.92. The summed E-state index contributed by atoms with van der Waals surface area (Å²) in [6.07, 6.45) is 5.21. The summed E-state index contributed by atoms with van der Waals surface area (Å²) in [5.74, 6) is 0.546. The molecule has 0 spiro atoms. The molecule has 1 amide bonds. The van der Waals surface area contributed by atoms with Crippen molar-refractivity contribution in [3.63, 3.8) is 0 Å². The summed E-state index contributed by atoms with van der Waals surface area (Å²) in [5, 5.41) is 0. The highest BCUT2D eigenvalue weighted by atomic mass is 16.2. The van der Waals surface area contributed by atoms with Gasteiger partial charge in [0.1, 0.15) is 0 Å². The van der Waals surface area contributed by atoms with Crippen LogP contribution < -0.4 is 5.73 Å². The lowest BCUT2D eigenvalue weighted by molar-refractivity contribution is -0.135. The Morgan fingerprint density at radius 2 is 1.94 bits per heavy atom. The molecule has 0 saturated carbocycles. The van der Waals surface area contributed by atoms with Crippen molar-refractivity contribution in [3.05, 3.63) is 0 Å². The maximum atomic E-state index is 12.2. The van der Waals surface area contributed by atoms with Crippen LogP contribution >= 0.6 is 0 Å². The van der Waals surface area contributed by atoms with Gasteiger partial charge in [-0.1, -0.05) is 26.7 Å². The molecule has 3 heteroatoms. The third-order valence-corrected chi connectivity index (χ3v) is 3.07. The van der Waals surface area contributed by atoms with Gasteiger partial charge in [-0.2, -0.15) is 0 Å². The van der Waals surface area contributed by atoms with Crippen molar-refractivity contribution >= 4 is 5.91 Å². The van der Waals surface area contributed by atoms with Gasteiger partial charge in [0.05, 0.1) is 0 Å². The molecule has 0 aromatic carbocycles. The lowest BCUT2D eigenvalue weighted by Gasteiger charge is -2.25. The van der Waals surface area contributed by atoms with Crippen LogP contribution in [0.5, 0.6) is 0 Å². The van der Waals surface area contributed by atoms with E-state index < -0.39 is 0 Å². The number of rotatable bonds is 9. The van der Waals surface area contributed by atoms with Crippen LogP contribution in [0.3, 0.4) is 0 Å². The van der Waals surface area contributed by atoms with Crippen LogP contribution in [0, 0.1) is 5.92 Å². The van der Waals surface area contributed by atoms with Crippen LogP contribution in [0.15, 0.2) is 0 Å². The monoisotopic (exact) mass is 228 g/mol. The predicted molar refractivity (Wildman–Crippen MR) is 69.2 cm³/mol. The Morgan fingerprint density at radius 1 is 1.25 bits per heavy atom. The van der Waals surface area contributed by atoms with Gasteiger partial charge >= 0.3 is 0 Å². The molecule has 0 aliphatic rings. The van der Waals surface area contributed by atoms with Crippen LogP contribution in [0.4, 0.5) is 0 Å². The topological polar surface area (TPSA) is 46.3 Å². The molecule has 0 radical (unpaired) electrons. The lowest BCUT2D eigenvalue weighted by atomic mass is 9.97. The average Bonchev–Trinajstić information content (AvgIpc) is 2.31. The average molecular weight is 228 g/mol. The first-order valence-corrected chi connectivity index (χ1v) is 6.69. The number of nitrogens with zero attached hydrogens (tertiary/aromatic N) is 1. The van der Waals surface area contributed by atoms with E-state index in [1.165, 1.54) is 6.42 Å². The highest BCUT2D eigenvalue weighted by Crippen LogP contribution is 2.16. The fourth-order valence-electron chi connectivity index (χ4n) is 1.92. The second-order valence-corrected chi connectivity index (χ2v) is 4.31. The predicted octanol–water partition coefficient (Wildman–Crippen LogP) is 2.40. The summed E-state index contributed by atoms with van der Waals surface area (Å²) in [5.41, 5.74) is 5.48. The minimum Gasteiger partial charge on any atom is -0.343 e. The van der Waals surface area contributed by atoms with Gasteiger partial charge in [0.25, 0.3) is 0 Å². The number of nitrogens with two attached hydrogens (primary N) is 1. The molecule has 1 atom stereocenters. The first-order valence-electron chi connectivity index (χ1n) is 6.69. The summed E-state index contributed by atoms with van der Waals surface area (Å²) < 4.78 is 0. The first-order chi connectivity index (χ1) is 7.71. The number of amides is 1. The quantitative estimate of drug-likeness (QED) is 0.658. The van der Waals surface area contributed by atoms with Crippen LogP contribution in [0.2, 0.25) is 0 Å². The van der Waals surface area contributed by atoms with Crippen molar-refractivity contribution in [2.75, 3.05) is 19.6 Å². The molecular formula is C13H28N2O. The van der Waals surface area contributed by atoms with E-state index in [2.05, 4.69) is 13.8 Å². The van der Waals surface area contributed by atoms with Gasteiger partial charge in [-0.25, -0.2) is 0 Å². The number of hydrogen-bond donors (Lipinski definition) is 1. The molecular weight excluding hydrogens is 200 g/mol. The number of carbonyl (C=O) groups excluding carboxylic acids is 1. The maximum absolute atomic E-state index is 12.2. The molecule has 0 aliphatic carbocycles. The molecule has 96 valence electrons. The maximum Gasteiger partial charge on any atom is 0.225 e. The van der Waals surface area contributed by atoms with Crippen LogP contribution in [0.25, 0.3) is 0 Å². The van der Waals surface area contributed by atoms with Crippen molar-refractivity contribution < 1.29 is 4.79 Å². The molecule has 1 unspecified atom stereocenters. The first kappa shape index (κ1) is 15.4. The summed E-state index contributed by atoms with van der Waals surface area (Å²) in [7, 11) is 0. The van der Waals surface area contributed by atoms with Crippen molar-refractivity contribution in [2.45, 2.75) is 52.9 Å². The Labute approximate surface area is 100 Å². The molecule has 0 aromatic rings. The van der Waals surface area contributed by atoms with Gasteiger partial charge in [0, 0.05) is 19.0 Å². The van der Waals surface area contributed by atoms with E-state index in [4.69, 9.17) is 5.73 Å². The van der Waals surface area contributed by atoms with Gasteiger partial charge in [-0.15, -0.1) is 0 Å². The summed E-state index contributed by atoms with van der Waals surface area (Å²) in [6, 6.07) is 0. The van der Waals surface area contributed by atoms with Gasteiger partial charge in [-0.3, -0.25) is 4.79 Å². The van der Waals surface area contributed by atoms with Gasteiger partial charge in [-0.05, 0) is 32.7 Å².